The van der Waals surface area contributed by atoms with Crippen molar-refractivity contribution in [2.45, 2.75) is 4.83 Å². The predicted octanol–water partition coefficient (Wildman–Crippen LogP) is 1.22. The zero-order valence-electron chi connectivity index (χ0n) is 9.55. The van der Waals surface area contributed by atoms with E-state index in [0.29, 0.717) is 11.1 Å². The Hall–Kier alpha value is -1.69. The minimum Gasteiger partial charge on any atom is -0.468 e. The zero-order valence-corrected chi connectivity index (χ0v) is 11.1. The van der Waals surface area contributed by atoms with Crippen LogP contribution in [0.4, 0.5) is 0 Å². The Kier molecular flexibility index (Phi) is 3.47. The van der Waals surface area contributed by atoms with Crippen LogP contribution < -0.4 is 0 Å². The first kappa shape index (κ1) is 12.8. The molecular weight excluding hydrogens is 302 g/mol. The number of ether oxygens (including phenoxy) is 1. The van der Waals surface area contributed by atoms with E-state index >= 15 is 0 Å². The van der Waals surface area contributed by atoms with E-state index < -0.39 is 10.8 Å². The molecule has 5 nitrogen and oxygen atoms in total. The summed E-state index contributed by atoms with van der Waals surface area (Å²) >= 11 is 3.09. The Balaban J connectivity index is 2.21. The number of esters is 1. The van der Waals surface area contributed by atoms with Crippen LogP contribution in [0.15, 0.2) is 24.3 Å². The molecule has 1 aromatic rings. The highest BCUT2D eigenvalue weighted by Gasteiger charge is 2.37. The summed E-state index contributed by atoms with van der Waals surface area (Å²) in [4.78, 5) is 35.6. The summed E-state index contributed by atoms with van der Waals surface area (Å²) in [5.41, 5.74) is 0.735. The molecule has 0 radical (unpaired) electrons. The molecule has 0 spiro atoms. The number of nitrogens with zero attached hydrogens (tertiary/aromatic N) is 1. The number of alkyl halides is 1. The van der Waals surface area contributed by atoms with Crippen LogP contribution in [0.3, 0.4) is 0 Å². The first-order valence-electron chi connectivity index (χ1n) is 5.23. The lowest BCUT2D eigenvalue weighted by Crippen LogP contribution is -2.38. The Bertz CT molecular complexity index is 494. The van der Waals surface area contributed by atoms with Crippen molar-refractivity contribution in [2.24, 2.45) is 0 Å². The molecule has 0 bridgehead atoms. The zero-order chi connectivity index (χ0) is 13.3. The van der Waals surface area contributed by atoms with Gasteiger partial charge < -0.3 is 4.74 Å². The molecule has 1 aliphatic heterocycles. The fourth-order valence-electron chi connectivity index (χ4n) is 1.77. The molecule has 1 heterocycles. The van der Waals surface area contributed by atoms with Gasteiger partial charge in [-0.3, -0.25) is 19.3 Å². The Morgan fingerprint density at radius 3 is 2.22 bits per heavy atom. The number of carbonyl (C=O) groups excluding carboxylic acids is 3. The number of amides is 2. The normalized spacial score (nSPS) is 15.6. The van der Waals surface area contributed by atoms with Gasteiger partial charge in [-0.15, -0.1) is 0 Å². The Morgan fingerprint density at radius 1 is 1.28 bits per heavy atom. The number of imide groups is 1. The minimum atomic E-state index is -0.718. The minimum absolute atomic E-state index is 0.0426. The van der Waals surface area contributed by atoms with E-state index in [9.17, 15) is 14.4 Å². The van der Waals surface area contributed by atoms with Crippen LogP contribution in [0.25, 0.3) is 0 Å². The van der Waals surface area contributed by atoms with Crippen LogP contribution in [0.1, 0.15) is 20.7 Å². The first-order chi connectivity index (χ1) is 8.56. The first-order valence-corrected chi connectivity index (χ1v) is 6.15. The SMILES string of the molecule is COC(=O)C(Br)CN1C(=O)c2ccccc2C1=O. The fraction of sp³-hybridized carbons (Fsp3) is 0.250. The number of fused-ring (bicyclic) bond motifs is 1. The molecule has 1 unspecified atom stereocenters. The molecule has 0 fully saturated rings. The molecule has 2 rings (SSSR count). The van der Waals surface area contributed by atoms with Crippen LogP contribution in [-0.2, 0) is 9.53 Å². The van der Waals surface area contributed by atoms with Gasteiger partial charge in [-0.05, 0) is 12.1 Å². The van der Waals surface area contributed by atoms with Gasteiger partial charge in [0, 0.05) is 0 Å². The number of benzene rings is 1. The number of rotatable bonds is 3. The molecule has 18 heavy (non-hydrogen) atoms. The van der Waals surface area contributed by atoms with E-state index in [1.165, 1.54) is 7.11 Å². The van der Waals surface area contributed by atoms with Crippen LogP contribution in [0, 0.1) is 0 Å². The number of halogens is 1. The van der Waals surface area contributed by atoms with E-state index in [4.69, 9.17) is 0 Å². The molecule has 1 aromatic carbocycles. The predicted molar refractivity (Wildman–Crippen MR) is 66.5 cm³/mol. The van der Waals surface area contributed by atoms with Crippen molar-refractivity contribution < 1.29 is 19.1 Å². The summed E-state index contributed by atoms with van der Waals surface area (Å²) in [5.74, 6) is -1.29. The molecule has 2 amide bonds. The smallest absolute Gasteiger partial charge is 0.321 e. The van der Waals surface area contributed by atoms with Gasteiger partial charge in [0.25, 0.3) is 11.8 Å². The van der Waals surface area contributed by atoms with Crippen molar-refractivity contribution in [3.63, 3.8) is 0 Å². The highest BCUT2D eigenvalue weighted by molar-refractivity contribution is 9.10. The number of hydrogen-bond acceptors (Lipinski definition) is 4. The molecule has 0 aliphatic carbocycles. The van der Waals surface area contributed by atoms with Crippen LogP contribution in [0.5, 0.6) is 0 Å². The third-order valence-electron chi connectivity index (χ3n) is 2.68. The van der Waals surface area contributed by atoms with Gasteiger partial charge >= 0.3 is 5.97 Å². The van der Waals surface area contributed by atoms with E-state index in [1.54, 1.807) is 24.3 Å². The largest absolute Gasteiger partial charge is 0.468 e. The van der Waals surface area contributed by atoms with Crippen molar-refractivity contribution in [3.8, 4) is 0 Å². The average molecular weight is 312 g/mol. The van der Waals surface area contributed by atoms with Crippen molar-refractivity contribution >= 4 is 33.7 Å². The molecule has 0 saturated heterocycles. The molecule has 0 N–H and O–H groups in total. The van der Waals surface area contributed by atoms with Gasteiger partial charge in [0.05, 0.1) is 24.8 Å². The van der Waals surface area contributed by atoms with Crippen molar-refractivity contribution in [2.75, 3.05) is 13.7 Å². The van der Waals surface area contributed by atoms with E-state index in [-0.39, 0.29) is 18.4 Å². The molecule has 1 aliphatic rings. The molecule has 1 atom stereocenters. The third-order valence-corrected chi connectivity index (χ3v) is 3.34. The highest BCUT2D eigenvalue weighted by atomic mass is 79.9. The topological polar surface area (TPSA) is 63.7 Å². The summed E-state index contributed by atoms with van der Waals surface area (Å²) in [5, 5.41) is 0. The standard InChI is InChI=1S/C12H10BrNO4/c1-18-12(17)9(13)6-14-10(15)7-4-2-3-5-8(7)11(14)16/h2-5,9H,6H2,1H3. The Morgan fingerprint density at radius 2 is 1.78 bits per heavy atom. The van der Waals surface area contributed by atoms with Crippen molar-refractivity contribution in [1.29, 1.82) is 0 Å². The summed E-state index contributed by atoms with van der Waals surface area (Å²) in [7, 11) is 1.25. The quantitative estimate of drug-likeness (QED) is 0.478. The van der Waals surface area contributed by atoms with Crippen LogP contribution >= 0.6 is 15.9 Å². The fourth-order valence-corrected chi connectivity index (χ4v) is 2.24. The summed E-state index contributed by atoms with van der Waals surface area (Å²) in [6.45, 7) is -0.0426. The van der Waals surface area contributed by atoms with Gasteiger partial charge in [0.1, 0.15) is 4.83 Å². The van der Waals surface area contributed by atoms with Gasteiger partial charge in [0.15, 0.2) is 0 Å². The second-order valence-electron chi connectivity index (χ2n) is 3.76. The second kappa shape index (κ2) is 4.89. The third kappa shape index (κ3) is 2.03. The average Bonchev–Trinajstić information content (AvgIpc) is 2.63. The Labute approximate surface area is 112 Å². The van der Waals surface area contributed by atoms with E-state index in [0.717, 1.165) is 4.90 Å². The lowest BCUT2D eigenvalue weighted by Gasteiger charge is -2.16. The molecule has 94 valence electrons. The molecule has 0 saturated carbocycles. The van der Waals surface area contributed by atoms with Gasteiger partial charge in [-0.25, -0.2) is 0 Å². The summed E-state index contributed by atoms with van der Waals surface area (Å²) in [6.07, 6.45) is 0. The highest BCUT2D eigenvalue weighted by Crippen LogP contribution is 2.23. The second-order valence-corrected chi connectivity index (χ2v) is 4.86. The number of methoxy groups -OCH3 is 1. The number of carbonyl (C=O) groups is 3. The summed E-state index contributed by atoms with van der Waals surface area (Å²) in [6, 6.07) is 6.58. The molecule has 6 heteroatoms. The summed E-state index contributed by atoms with van der Waals surface area (Å²) < 4.78 is 4.53. The van der Waals surface area contributed by atoms with Crippen LogP contribution in [0.2, 0.25) is 0 Å². The van der Waals surface area contributed by atoms with Crippen molar-refractivity contribution in [1.82, 2.24) is 4.90 Å². The number of hydrogen-bond donors (Lipinski definition) is 0. The van der Waals surface area contributed by atoms with Crippen LogP contribution in [-0.4, -0.2) is 41.2 Å². The lowest BCUT2D eigenvalue weighted by molar-refractivity contribution is -0.139. The van der Waals surface area contributed by atoms with E-state index in [1.807, 2.05) is 0 Å². The van der Waals surface area contributed by atoms with Gasteiger partial charge in [0.2, 0.25) is 0 Å². The monoisotopic (exact) mass is 311 g/mol. The van der Waals surface area contributed by atoms with Gasteiger partial charge in [-0.1, -0.05) is 28.1 Å². The van der Waals surface area contributed by atoms with Gasteiger partial charge in [-0.2, -0.15) is 0 Å². The maximum absolute atomic E-state index is 12.0. The van der Waals surface area contributed by atoms with Crippen molar-refractivity contribution in [3.05, 3.63) is 35.4 Å². The molecular formula is C12H10BrNO4. The molecule has 0 aromatic heterocycles. The lowest BCUT2D eigenvalue weighted by atomic mass is 10.1. The van der Waals surface area contributed by atoms with E-state index in [2.05, 4.69) is 20.7 Å². The maximum atomic E-state index is 12.0. The maximum Gasteiger partial charge on any atom is 0.321 e.